The molecule has 0 radical (unpaired) electrons. The lowest BCUT2D eigenvalue weighted by molar-refractivity contribution is 0.0254. The number of benzene rings is 2. The first-order valence-electron chi connectivity index (χ1n) is 6.44. The molecule has 2 N–H and O–H groups in total. The molecule has 0 bridgehead atoms. The molecule has 0 aliphatic carbocycles. The average Bonchev–Trinajstić information content (AvgIpc) is 2.41. The minimum atomic E-state index is -0.335. The van der Waals surface area contributed by atoms with Crippen molar-refractivity contribution in [3.63, 3.8) is 0 Å². The lowest BCUT2D eigenvalue weighted by Crippen LogP contribution is -2.27. The molecule has 2 rings (SSSR count). The van der Waals surface area contributed by atoms with Gasteiger partial charge in [0.25, 0.3) is 0 Å². The van der Waals surface area contributed by atoms with Crippen LogP contribution in [0.3, 0.4) is 0 Å². The van der Waals surface area contributed by atoms with E-state index in [9.17, 15) is 4.39 Å². The van der Waals surface area contributed by atoms with Crippen molar-refractivity contribution in [1.29, 1.82) is 0 Å². The van der Waals surface area contributed by atoms with Crippen molar-refractivity contribution in [2.24, 2.45) is 5.73 Å². The van der Waals surface area contributed by atoms with Crippen molar-refractivity contribution in [1.82, 2.24) is 0 Å². The number of hydrogen-bond donors (Lipinski definition) is 1. The van der Waals surface area contributed by atoms with Gasteiger partial charge in [-0.15, -0.1) is 0 Å². The van der Waals surface area contributed by atoms with Crippen molar-refractivity contribution in [2.75, 3.05) is 0 Å². The fourth-order valence-corrected chi connectivity index (χ4v) is 2.43. The predicted octanol–water partition coefficient (Wildman–Crippen LogP) is 4.19. The van der Waals surface area contributed by atoms with E-state index < -0.39 is 0 Å². The molecule has 0 heterocycles. The Morgan fingerprint density at radius 3 is 2.60 bits per heavy atom. The van der Waals surface area contributed by atoms with Crippen LogP contribution in [0.2, 0.25) is 0 Å². The molecule has 0 fully saturated rings. The van der Waals surface area contributed by atoms with E-state index >= 15 is 0 Å². The lowest BCUT2D eigenvalue weighted by atomic mass is 10.0. The van der Waals surface area contributed by atoms with Crippen molar-refractivity contribution < 1.29 is 9.13 Å². The molecule has 2 aromatic rings. The monoisotopic (exact) mass is 337 g/mol. The molecule has 2 unspecified atom stereocenters. The molecule has 0 aliphatic heterocycles. The standard InChI is InChI=1S/C16H17BrFNO/c1-11(19)16(12-6-4-7-14(18)9-12)20-10-13-5-2-3-8-15(13)17/h2-9,11,16H,10,19H2,1H3. The zero-order chi connectivity index (χ0) is 14.5. The molecule has 2 atom stereocenters. The number of halogens is 2. The summed E-state index contributed by atoms with van der Waals surface area (Å²) in [5.74, 6) is -0.280. The Morgan fingerprint density at radius 2 is 1.95 bits per heavy atom. The molecular formula is C16H17BrFNO. The van der Waals surface area contributed by atoms with Crippen LogP contribution in [-0.2, 0) is 11.3 Å². The summed E-state index contributed by atoms with van der Waals surface area (Å²) >= 11 is 3.48. The SMILES string of the molecule is CC(N)C(OCc1ccccc1Br)c1cccc(F)c1. The number of nitrogens with two attached hydrogens (primary N) is 1. The minimum absolute atomic E-state index is 0.223. The molecule has 0 saturated carbocycles. The van der Waals surface area contributed by atoms with Crippen LogP contribution in [0.5, 0.6) is 0 Å². The second kappa shape index (κ2) is 6.97. The van der Waals surface area contributed by atoms with Gasteiger partial charge in [-0.1, -0.05) is 46.3 Å². The van der Waals surface area contributed by atoms with Gasteiger partial charge in [0, 0.05) is 10.5 Å². The molecule has 20 heavy (non-hydrogen) atoms. The maximum atomic E-state index is 13.3. The number of ether oxygens (including phenoxy) is 1. The highest BCUT2D eigenvalue weighted by atomic mass is 79.9. The van der Waals surface area contributed by atoms with Crippen molar-refractivity contribution in [3.05, 3.63) is 69.9 Å². The molecule has 0 saturated heterocycles. The Bertz CT molecular complexity index is 574. The maximum Gasteiger partial charge on any atom is 0.123 e. The average molecular weight is 338 g/mol. The van der Waals surface area contributed by atoms with Gasteiger partial charge in [0.15, 0.2) is 0 Å². The highest BCUT2D eigenvalue weighted by molar-refractivity contribution is 9.10. The Labute approximate surface area is 126 Å². The zero-order valence-electron chi connectivity index (χ0n) is 11.2. The fraction of sp³-hybridized carbons (Fsp3) is 0.250. The summed E-state index contributed by atoms with van der Waals surface area (Å²) in [7, 11) is 0. The van der Waals surface area contributed by atoms with Crippen LogP contribution in [0.25, 0.3) is 0 Å². The fourth-order valence-electron chi connectivity index (χ4n) is 2.03. The highest BCUT2D eigenvalue weighted by Gasteiger charge is 2.18. The van der Waals surface area contributed by atoms with Gasteiger partial charge < -0.3 is 10.5 Å². The van der Waals surface area contributed by atoms with Crippen molar-refractivity contribution >= 4 is 15.9 Å². The van der Waals surface area contributed by atoms with E-state index in [4.69, 9.17) is 10.5 Å². The van der Waals surface area contributed by atoms with Crippen LogP contribution in [0, 0.1) is 5.82 Å². The summed E-state index contributed by atoms with van der Waals surface area (Å²) in [5, 5.41) is 0. The third-order valence-electron chi connectivity index (χ3n) is 3.03. The van der Waals surface area contributed by atoms with Crippen molar-refractivity contribution in [2.45, 2.75) is 25.7 Å². The van der Waals surface area contributed by atoms with Crippen LogP contribution in [0.1, 0.15) is 24.2 Å². The van der Waals surface area contributed by atoms with Crippen molar-refractivity contribution in [3.8, 4) is 0 Å². The Hall–Kier alpha value is -1.23. The normalized spacial score (nSPS) is 14.0. The van der Waals surface area contributed by atoms with E-state index in [-0.39, 0.29) is 18.0 Å². The van der Waals surface area contributed by atoms with E-state index in [1.54, 1.807) is 6.07 Å². The summed E-state index contributed by atoms with van der Waals surface area (Å²) in [6.07, 6.45) is -0.335. The third kappa shape index (κ3) is 3.88. The molecule has 0 spiro atoms. The largest absolute Gasteiger partial charge is 0.367 e. The summed E-state index contributed by atoms with van der Waals surface area (Å²) in [6, 6.07) is 14.0. The zero-order valence-corrected chi connectivity index (χ0v) is 12.8. The summed E-state index contributed by atoms with van der Waals surface area (Å²) in [6.45, 7) is 2.28. The topological polar surface area (TPSA) is 35.2 Å². The molecule has 4 heteroatoms. The Kier molecular flexibility index (Phi) is 5.29. The first kappa shape index (κ1) is 15.2. The number of hydrogen-bond acceptors (Lipinski definition) is 2. The quantitative estimate of drug-likeness (QED) is 0.887. The van der Waals surface area contributed by atoms with Gasteiger partial charge in [0.2, 0.25) is 0 Å². The molecule has 0 aliphatic rings. The molecule has 106 valence electrons. The van der Waals surface area contributed by atoms with Gasteiger partial charge in [-0.3, -0.25) is 0 Å². The molecule has 0 amide bonds. The van der Waals surface area contributed by atoms with E-state index in [1.807, 2.05) is 37.3 Å². The van der Waals surface area contributed by atoms with Gasteiger partial charge in [-0.2, -0.15) is 0 Å². The minimum Gasteiger partial charge on any atom is -0.367 e. The first-order valence-corrected chi connectivity index (χ1v) is 7.23. The van der Waals surface area contributed by atoms with E-state index in [0.717, 1.165) is 15.6 Å². The third-order valence-corrected chi connectivity index (χ3v) is 3.80. The summed E-state index contributed by atoms with van der Waals surface area (Å²) in [4.78, 5) is 0. The number of rotatable bonds is 5. The molecule has 0 aromatic heterocycles. The van der Waals surface area contributed by atoms with Crippen LogP contribution < -0.4 is 5.73 Å². The first-order chi connectivity index (χ1) is 9.58. The second-order valence-corrected chi connectivity index (χ2v) is 5.59. The smallest absolute Gasteiger partial charge is 0.123 e. The van der Waals surface area contributed by atoms with Crippen LogP contribution in [-0.4, -0.2) is 6.04 Å². The molecule has 2 aromatic carbocycles. The van der Waals surface area contributed by atoms with Gasteiger partial charge in [-0.25, -0.2) is 4.39 Å². The molecule has 2 nitrogen and oxygen atoms in total. The van der Waals surface area contributed by atoms with Crippen LogP contribution in [0.4, 0.5) is 4.39 Å². The van der Waals surface area contributed by atoms with Gasteiger partial charge in [0.05, 0.1) is 12.7 Å². The highest BCUT2D eigenvalue weighted by Crippen LogP contribution is 2.24. The summed E-state index contributed by atoms with van der Waals surface area (Å²) < 4.78 is 20.2. The van der Waals surface area contributed by atoms with Crippen LogP contribution >= 0.6 is 15.9 Å². The lowest BCUT2D eigenvalue weighted by Gasteiger charge is -2.22. The second-order valence-electron chi connectivity index (χ2n) is 4.74. The van der Waals surface area contributed by atoms with Gasteiger partial charge >= 0.3 is 0 Å². The van der Waals surface area contributed by atoms with E-state index in [1.165, 1.54) is 12.1 Å². The predicted molar refractivity (Wildman–Crippen MR) is 81.7 cm³/mol. The maximum absolute atomic E-state index is 13.3. The molecular weight excluding hydrogens is 321 g/mol. The van der Waals surface area contributed by atoms with Crippen LogP contribution in [0.15, 0.2) is 53.0 Å². The summed E-state index contributed by atoms with van der Waals surface area (Å²) in [5.41, 5.74) is 7.75. The Morgan fingerprint density at radius 1 is 1.20 bits per heavy atom. The van der Waals surface area contributed by atoms with E-state index in [2.05, 4.69) is 15.9 Å². The van der Waals surface area contributed by atoms with E-state index in [0.29, 0.717) is 6.61 Å². The Balaban J connectivity index is 2.13. The van der Waals surface area contributed by atoms with Gasteiger partial charge in [-0.05, 0) is 36.2 Å². The van der Waals surface area contributed by atoms with Gasteiger partial charge in [0.1, 0.15) is 5.82 Å².